The van der Waals surface area contributed by atoms with Gasteiger partial charge in [0.25, 0.3) is 0 Å². The van der Waals surface area contributed by atoms with Crippen LogP contribution in [0, 0.1) is 0 Å². The Morgan fingerprint density at radius 2 is 0.912 bits per heavy atom. The number of para-hydroxylation sites is 1. The summed E-state index contributed by atoms with van der Waals surface area (Å²) in [4.78, 5) is 19.1. The largest absolute Gasteiger partial charge is 0.416 e. The molecule has 9 rings (SSSR count). The van der Waals surface area contributed by atoms with Gasteiger partial charge in [0, 0.05) is 39.9 Å². The fraction of sp³-hybridized carbons (Fsp3) is 0.0435. The van der Waals surface area contributed by atoms with Crippen molar-refractivity contribution in [2.45, 2.75) is 12.4 Å². The number of fused-ring (bicyclic) bond motifs is 3. The lowest BCUT2D eigenvalue weighted by Crippen LogP contribution is -2.11. The maximum absolute atomic E-state index is 14.0. The lowest BCUT2D eigenvalue weighted by Gasteiger charge is -2.17. The molecule has 0 spiro atoms. The molecule has 0 aliphatic rings. The molecule has 0 fully saturated rings. The third kappa shape index (κ3) is 6.77. The molecule has 0 unspecified atom stereocenters. The number of pyridine rings is 1. The van der Waals surface area contributed by atoms with Crippen molar-refractivity contribution in [3.8, 4) is 62.1 Å². The first-order valence-electron chi connectivity index (χ1n) is 17.8. The quantitative estimate of drug-likeness (QED) is 0.158. The second-order valence-electron chi connectivity index (χ2n) is 13.4. The van der Waals surface area contributed by atoms with Crippen LogP contribution in [0.1, 0.15) is 11.1 Å². The Labute approximate surface area is 321 Å². The van der Waals surface area contributed by atoms with E-state index >= 15 is 0 Å². The normalized spacial score (nSPS) is 12.0. The van der Waals surface area contributed by atoms with Crippen LogP contribution >= 0.6 is 0 Å². The smallest absolute Gasteiger partial charge is 0.308 e. The summed E-state index contributed by atoms with van der Waals surface area (Å²) in [5.41, 5.74) is 2.97. The van der Waals surface area contributed by atoms with Crippen LogP contribution in [-0.2, 0) is 12.4 Å². The summed E-state index contributed by atoms with van der Waals surface area (Å²) in [6, 6.07) is 42.8. The molecule has 0 N–H and O–H groups in total. The number of hydrogen-bond donors (Lipinski definition) is 0. The van der Waals surface area contributed by atoms with E-state index in [1.807, 2.05) is 120 Å². The van der Waals surface area contributed by atoms with Crippen molar-refractivity contribution in [3.63, 3.8) is 0 Å². The van der Waals surface area contributed by atoms with Gasteiger partial charge < -0.3 is 4.57 Å². The molecular formula is C46H27F6N5. The van der Waals surface area contributed by atoms with Gasteiger partial charge in [-0.1, -0.05) is 97.1 Å². The van der Waals surface area contributed by atoms with E-state index in [2.05, 4.69) is 4.98 Å². The molecule has 9 aromatic rings. The maximum Gasteiger partial charge on any atom is 0.416 e. The number of rotatable bonds is 6. The molecule has 0 saturated heterocycles. The third-order valence-electron chi connectivity index (χ3n) is 9.79. The Morgan fingerprint density at radius 1 is 0.386 bits per heavy atom. The molecule has 11 heteroatoms. The Hall–Kier alpha value is -7.14. The monoisotopic (exact) mass is 763 g/mol. The number of nitrogens with zero attached hydrogens (tertiary/aromatic N) is 5. The van der Waals surface area contributed by atoms with E-state index in [0.717, 1.165) is 50.7 Å². The molecule has 0 aliphatic carbocycles. The first-order chi connectivity index (χ1) is 27.5. The van der Waals surface area contributed by atoms with Gasteiger partial charge in [-0.25, -0.2) is 15.0 Å². The minimum absolute atomic E-state index is 0.137. The van der Waals surface area contributed by atoms with Gasteiger partial charge in [0.2, 0.25) is 0 Å². The fourth-order valence-electron chi connectivity index (χ4n) is 7.09. The zero-order valence-corrected chi connectivity index (χ0v) is 29.6. The SMILES string of the molecule is FC(F)(F)c1cc(-c2ccc3c4ccccc4n(-c4ccc(-c5ccncc5)cc4-c4nc(-c5ccccc5)nc(-c5ccccc5)n4)c3c2)cc(C(F)(F)F)c1. The Morgan fingerprint density at radius 3 is 1.53 bits per heavy atom. The van der Waals surface area contributed by atoms with Crippen LogP contribution in [0.25, 0.3) is 83.9 Å². The van der Waals surface area contributed by atoms with Gasteiger partial charge in [0.15, 0.2) is 17.5 Å². The minimum atomic E-state index is -5.00. The summed E-state index contributed by atoms with van der Waals surface area (Å²) < 4.78 is 85.8. The lowest BCUT2D eigenvalue weighted by atomic mass is 9.98. The molecular weight excluding hydrogens is 737 g/mol. The summed E-state index contributed by atoms with van der Waals surface area (Å²) in [5, 5.41) is 1.57. The number of halogens is 6. The third-order valence-corrected chi connectivity index (χ3v) is 9.79. The molecule has 278 valence electrons. The van der Waals surface area contributed by atoms with Gasteiger partial charge in [0.05, 0.1) is 27.8 Å². The summed E-state index contributed by atoms with van der Waals surface area (Å²) in [6.07, 6.45) is -6.61. The van der Waals surface area contributed by atoms with E-state index in [4.69, 9.17) is 15.0 Å². The highest BCUT2D eigenvalue weighted by atomic mass is 19.4. The number of hydrogen-bond acceptors (Lipinski definition) is 4. The van der Waals surface area contributed by atoms with Crippen LogP contribution in [0.4, 0.5) is 26.3 Å². The van der Waals surface area contributed by atoms with E-state index in [-0.39, 0.29) is 17.2 Å². The van der Waals surface area contributed by atoms with Crippen LogP contribution < -0.4 is 0 Å². The number of benzene rings is 6. The van der Waals surface area contributed by atoms with E-state index < -0.39 is 23.5 Å². The van der Waals surface area contributed by atoms with Crippen molar-refractivity contribution >= 4 is 21.8 Å². The average Bonchev–Trinajstić information content (AvgIpc) is 3.57. The van der Waals surface area contributed by atoms with E-state index in [0.29, 0.717) is 34.2 Å². The first kappa shape index (κ1) is 35.6. The molecule has 0 saturated carbocycles. The molecule has 0 radical (unpaired) electrons. The highest BCUT2D eigenvalue weighted by molar-refractivity contribution is 6.10. The number of aromatic nitrogens is 5. The van der Waals surface area contributed by atoms with Crippen LogP contribution in [0.2, 0.25) is 0 Å². The molecule has 0 atom stereocenters. The second-order valence-corrected chi connectivity index (χ2v) is 13.4. The average molecular weight is 764 g/mol. The Balaban J connectivity index is 1.34. The summed E-state index contributed by atoms with van der Waals surface area (Å²) in [6.45, 7) is 0. The van der Waals surface area contributed by atoms with Crippen molar-refractivity contribution < 1.29 is 26.3 Å². The van der Waals surface area contributed by atoms with Crippen LogP contribution in [0.3, 0.4) is 0 Å². The molecule has 5 nitrogen and oxygen atoms in total. The van der Waals surface area contributed by atoms with Crippen molar-refractivity contribution in [2.24, 2.45) is 0 Å². The predicted molar refractivity (Wildman–Crippen MR) is 209 cm³/mol. The molecule has 57 heavy (non-hydrogen) atoms. The molecule has 3 heterocycles. The topological polar surface area (TPSA) is 56.5 Å². The first-order valence-corrected chi connectivity index (χ1v) is 17.8. The molecule has 0 bridgehead atoms. The molecule has 6 aromatic carbocycles. The van der Waals surface area contributed by atoms with Gasteiger partial charge in [-0.2, -0.15) is 26.3 Å². The molecule has 0 aliphatic heterocycles. The van der Waals surface area contributed by atoms with Gasteiger partial charge in [0.1, 0.15) is 0 Å². The van der Waals surface area contributed by atoms with Crippen molar-refractivity contribution in [2.75, 3.05) is 0 Å². The van der Waals surface area contributed by atoms with Gasteiger partial charge in [-0.05, 0) is 76.9 Å². The summed E-state index contributed by atoms with van der Waals surface area (Å²) in [5.74, 6) is 1.23. The van der Waals surface area contributed by atoms with Gasteiger partial charge >= 0.3 is 12.4 Å². The van der Waals surface area contributed by atoms with Gasteiger partial charge in [-0.3, -0.25) is 4.98 Å². The molecule has 0 amide bonds. The zero-order valence-electron chi connectivity index (χ0n) is 29.6. The Kier molecular flexibility index (Phi) is 8.65. The van der Waals surface area contributed by atoms with Crippen LogP contribution in [0.5, 0.6) is 0 Å². The van der Waals surface area contributed by atoms with Crippen molar-refractivity contribution in [1.29, 1.82) is 0 Å². The van der Waals surface area contributed by atoms with Crippen LogP contribution in [-0.4, -0.2) is 24.5 Å². The van der Waals surface area contributed by atoms with Crippen molar-refractivity contribution in [3.05, 3.63) is 175 Å². The highest BCUT2D eigenvalue weighted by Crippen LogP contribution is 2.42. The van der Waals surface area contributed by atoms with E-state index in [9.17, 15) is 26.3 Å². The second kappa shape index (κ2) is 13.9. The summed E-state index contributed by atoms with van der Waals surface area (Å²) in [7, 11) is 0. The zero-order chi connectivity index (χ0) is 39.3. The fourth-order valence-corrected chi connectivity index (χ4v) is 7.09. The van der Waals surface area contributed by atoms with E-state index in [1.54, 1.807) is 30.6 Å². The maximum atomic E-state index is 14.0. The molecule has 3 aromatic heterocycles. The van der Waals surface area contributed by atoms with Gasteiger partial charge in [-0.15, -0.1) is 0 Å². The minimum Gasteiger partial charge on any atom is -0.308 e. The predicted octanol–water partition coefficient (Wildman–Crippen LogP) is 12.7. The van der Waals surface area contributed by atoms with E-state index in [1.165, 1.54) is 0 Å². The lowest BCUT2D eigenvalue weighted by molar-refractivity contribution is -0.143. The van der Waals surface area contributed by atoms with Crippen molar-refractivity contribution in [1.82, 2.24) is 24.5 Å². The Bertz CT molecular complexity index is 2830. The number of alkyl halides is 6. The standard InChI is InChI=1S/C46H27F6N5/c47-45(48,49)34-23-33(24-35(27-34)46(50,51)52)32-15-17-37-36-13-7-8-14-39(36)57(41(37)26-32)40-18-16-31(28-19-21-53-22-20-28)25-38(40)44-55-42(29-9-3-1-4-10-29)54-43(56-44)30-11-5-2-6-12-30/h1-27H. The van der Waals surface area contributed by atoms with Crippen LogP contribution in [0.15, 0.2) is 164 Å². The summed E-state index contributed by atoms with van der Waals surface area (Å²) >= 11 is 0. The highest BCUT2D eigenvalue weighted by Gasteiger charge is 2.37.